The molecule has 0 unspecified atom stereocenters. The summed E-state index contributed by atoms with van der Waals surface area (Å²) in [7, 11) is -1.89. The van der Waals surface area contributed by atoms with Crippen LogP contribution in [0.3, 0.4) is 0 Å². The molecule has 0 aliphatic carbocycles. The molecule has 4 N–H and O–H groups in total. The van der Waals surface area contributed by atoms with E-state index in [-0.39, 0.29) is 30.4 Å². The van der Waals surface area contributed by atoms with Crippen LogP contribution in [0.2, 0.25) is 18.1 Å². The Morgan fingerprint density at radius 3 is 1.98 bits per heavy atom. The highest BCUT2D eigenvalue weighted by Gasteiger charge is 2.37. The zero-order valence-corrected chi connectivity index (χ0v) is 32.1. The van der Waals surface area contributed by atoms with Crippen molar-refractivity contribution in [3.05, 3.63) is 29.8 Å². The molecule has 272 valence electrons. The van der Waals surface area contributed by atoms with Crippen molar-refractivity contribution in [2.24, 2.45) is 5.92 Å². The van der Waals surface area contributed by atoms with Crippen molar-refractivity contribution >= 4 is 43.8 Å². The summed E-state index contributed by atoms with van der Waals surface area (Å²) in [5.74, 6) is -2.42. The van der Waals surface area contributed by atoms with Gasteiger partial charge in [-0.3, -0.25) is 14.4 Å². The molecule has 0 fully saturated rings. The van der Waals surface area contributed by atoms with E-state index >= 15 is 0 Å². The van der Waals surface area contributed by atoms with Gasteiger partial charge in [0.1, 0.15) is 23.7 Å². The van der Waals surface area contributed by atoms with Gasteiger partial charge in [0.05, 0.1) is 13.2 Å². The maximum atomic E-state index is 13.2. The molecule has 3 atom stereocenters. The summed E-state index contributed by atoms with van der Waals surface area (Å²) in [5.41, 5.74) is 0.790. The number of nitrogens with one attached hydrogen (secondary N) is 4. The lowest BCUT2D eigenvalue weighted by atomic mass is 10.0. The van der Waals surface area contributed by atoms with Crippen LogP contribution in [-0.4, -0.2) is 68.4 Å². The molecule has 0 radical (unpaired) electrons. The van der Waals surface area contributed by atoms with Gasteiger partial charge >= 0.3 is 12.1 Å². The highest BCUT2D eigenvalue weighted by Crippen LogP contribution is 2.37. The monoisotopic (exact) mass is 692 g/mol. The Hall–Kier alpha value is -3.45. The molecular formula is C35H60N4O8Si. The summed E-state index contributed by atoms with van der Waals surface area (Å²) in [4.78, 5) is 64.0. The van der Waals surface area contributed by atoms with Crippen molar-refractivity contribution in [3.8, 4) is 0 Å². The Kier molecular flexibility index (Phi) is 16.8. The number of amides is 4. The average molecular weight is 693 g/mol. The number of unbranched alkanes of at least 4 members (excludes halogenated alkanes) is 1. The lowest BCUT2D eigenvalue weighted by molar-refractivity contribution is -0.146. The molecule has 0 aromatic heterocycles. The van der Waals surface area contributed by atoms with E-state index in [1.807, 2.05) is 19.1 Å². The van der Waals surface area contributed by atoms with E-state index in [0.717, 1.165) is 12.0 Å². The lowest BCUT2D eigenvalue weighted by Crippen LogP contribution is -2.54. The van der Waals surface area contributed by atoms with E-state index in [1.54, 1.807) is 53.7 Å². The molecule has 1 aromatic rings. The van der Waals surface area contributed by atoms with Crippen LogP contribution >= 0.6 is 0 Å². The molecule has 0 aliphatic rings. The summed E-state index contributed by atoms with van der Waals surface area (Å²) in [6.07, 6.45) is 0.430. The van der Waals surface area contributed by atoms with Gasteiger partial charge in [0, 0.05) is 12.1 Å². The summed E-state index contributed by atoms with van der Waals surface area (Å²) in [6, 6.07) is 4.43. The minimum atomic E-state index is -1.89. The summed E-state index contributed by atoms with van der Waals surface area (Å²) in [6.45, 7) is 23.8. The van der Waals surface area contributed by atoms with Gasteiger partial charge in [0.25, 0.3) is 0 Å². The molecule has 0 heterocycles. The number of esters is 1. The third kappa shape index (κ3) is 15.6. The predicted octanol–water partition coefficient (Wildman–Crippen LogP) is 5.81. The van der Waals surface area contributed by atoms with Crippen molar-refractivity contribution in [2.45, 2.75) is 143 Å². The SMILES string of the molecule is CCCCOC(=O)[C@H](CCC(=O)N[C@H](C(=O)N[C@@H](C)C(=O)Nc1ccc(CO[Si](C)(C)C(C)(C)C)cc1)C(C)C)NC(=O)OC(C)(C)C. The van der Waals surface area contributed by atoms with E-state index in [4.69, 9.17) is 13.9 Å². The second-order valence-electron chi connectivity index (χ2n) is 15.0. The molecule has 48 heavy (non-hydrogen) atoms. The number of ether oxygens (including phenoxy) is 2. The van der Waals surface area contributed by atoms with E-state index in [1.165, 1.54) is 0 Å². The van der Waals surface area contributed by atoms with E-state index in [2.05, 4.69) is 55.1 Å². The van der Waals surface area contributed by atoms with Crippen molar-refractivity contribution in [3.63, 3.8) is 0 Å². The van der Waals surface area contributed by atoms with Gasteiger partial charge in [-0.15, -0.1) is 0 Å². The third-order valence-corrected chi connectivity index (χ3v) is 12.5. The highest BCUT2D eigenvalue weighted by molar-refractivity contribution is 6.74. The van der Waals surface area contributed by atoms with Gasteiger partial charge in [0.15, 0.2) is 8.32 Å². The molecule has 4 amide bonds. The van der Waals surface area contributed by atoms with Gasteiger partial charge in [-0.1, -0.05) is 60.1 Å². The van der Waals surface area contributed by atoms with Gasteiger partial charge < -0.3 is 35.2 Å². The number of hydrogen-bond acceptors (Lipinski definition) is 8. The fourth-order valence-electron chi connectivity index (χ4n) is 3.96. The van der Waals surface area contributed by atoms with Crippen LogP contribution in [0.4, 0.5) is 10.5 Å². The summed E-state index contributed by atoms with van der Waals surface area (Å²) in [5, 5.41) is 10.8. The van der Waals surface area contributed by atoms with Crippen molar-refractivity contribution in [2.75, 3.05) is 11.9 Å². The first-order chi connectivity index (χ1) is 22.1. The Labute approximate surface area is 288 Å². The maximum Gasteiger partial charge on any atom is 0.408 e. The minimum absolute atomic E-state index is 0.0670. The van der Waals surface area contributed by atoms with E-state index in [0.29, 0.717) is 18.7 Å². The molecule has 0 spiro atoms. The van der Waals surface area contributed by atoms with E-state index in [9.17, 15) is 24.0 Å². The van der Waals surface area contributed by atoms with Crippen LogP contribution in [0.5, 0.6) is 0 Å². The molecule has 0 saturated heterocycles. The summed E-state index contributed by atoms with van der Waals surface area (Å²) < 4.78 is 16.8. The molecule has 0 saturated carbocycles. The number of carbonyl (C=O) groups excluding carboxylic acids is 5. The van der Waals surface area contributed by atoms with Crippen LogP contribution in [-0.2, 0) is 39.7 Å². The number of rotatable bonds is 17. The fourth-order valence-corrected chi connectivity index (χ4v) is 4.92. The van der Waals surface area contributed by atoms with Crippen LogP contribution in [0.1, 0.15) is 100 Å². The topological polar surface area (TPSA) is 161 Å². The standard InChI is InChI=1S/C35H60N4O8Si/c1-13-14-21-45-32(43)27(38-33(44)47-34(5,6)7)19-20-28(40)39-29(23(2)3)31(42)36-24(4)30(41)37-26-17-15-25(16-18-26)22-46-48(11,12)35(8,9)10/h15-18,23-24,27,29H,13-14,19-22H2,1-12H3,(H,36,42)(H,37,41)(H,38,44)(H,39,40)/t24-,27-,29-/m0/s1. The fraction of sp³-hybridized carbons (Fsp3) is 0.686. The number of benzene rings is 1. The second-order valence-corrected chi connectivity index (χ2v) is 19.8. The molecule has 12 nitrogen and oxygen atoms in total. The number of carbonyl (C=O) groups is 5. The number of anilines is 1. The Morgan fingerprint density at radius 2 is 1.46 bits per heavy atom. The first-order valence-corrected chi connectivity index (χ1v) is 19.8. The van der Waals surface area contributed by atoms with Crippen LogP contribution in [0, 0.1) is 5.92 Å². The number of hydrogen-bond donors (Lipinski definition) is 4. The normalized spacial score (nSPS) is 13.9. The highest BCUT2D eigenvalue weighted by atomic mass is 28.4. The smallest absolute Gasteiger partial charge is 0.408 e. The zero-order valence-electron chi connectivity index (χ0n) is 31.1. The Balaban J connectivity index is 2.77. The van der Waals surface area contributed by atoms with Gasteiger partial charge in [-0.2, -0.15) is 0 Å². The molecule has 1 rings (SSSR count). The molecule has 0 aliphatic heterocycles. The van der Waals surface area contributed by atoms with Crippen molar-refractivity contribution in [1.82, 2.24) is 16.0 Å². The predicted molar refractivity (Wildman–Crippen MR) is 190 cm³/mol. The lowest BCUT2D eigenvalue weighted by Gasteiger charge is -2.36. The van der Waals surface area contributed by atoms with Crippen molar-refractivity contribution in [1.29, 1.82) is 0 Å². The number of alkyl carbamates (subject to hydrolysis) is 1. The van der Waals surface area contributed by atoms with Gasteiger partial charge in [0.2, 0.25) is 17.7 Å². The minimum Gasteiger partial charge on any atom is -0.464 e. The first-order valence-electron chi connectivity index (χ1n) is 16.9. The Bertz CT molecular complexity index is 1220. The molecule has 0 bridgehead atoms. The molecule has 13 heteroatoms. The van der Waals surface area contributed by atoms with Gasteiger partial charge in [-0.05, 0) is 82.3 Å². The maximum absolute atomic E-state index is 13.2. The largest absolute Gasteiger partial charge is 0.464 e. The van der Waals surface area contributed by atoms with Crippen LogP contribution in [0.15, 0.2) is 24.3 Å². The second kappa shape index (κ2) is 18.9. The Morgan fingerprint density at radius 1 is 0.854 bits per heavy atom. The average Bonchev–Trinajstić information content (AvgIpc) is 2.95. The van der Waals surface area contributed by atoms with Gasteiger partial charge in [-0.25, -0.2) is 9.59 Å². The van der Waals surface area contributed by atoms with Crippen LogP contribution < -0.4 is 21.3 Å². The zero-order chi connectivity index (χ0) is 36.9. The van der Waals surface area contributed by atoms with Crippen LogP contribution in [0.25, 0.3) is 0 Å². The van der Waals surface area contributed by atoms with E-state index < -0.39 is 61.8 Å². The molecule has 1 aromatic carbocycles. The third-order valence-electron chi connectivity index (χ3n) is 8.02. The summed E-state index contributed by atoms with van der Waals surface area (Å²) >= 11 is 0. The molecular weight excluding hydrogens is 632 g/mol. The first kappa shape index (κ1) is 42.6. The quantitative estimate of drug-likeness (QED) is 0.0904. The van der Waals surface area contributed by atoms with Crippen molar-refractivity contribution < 1.29 is 37.9 Å².